The van der Waals surface area contributed by atoms with Gasteiger partial charge in [0, 0.05) is 50.4 Å². The zero-order valence-corrected chi connectivity index (χ0v) is 24.2. The van der Waals surface area contributed by atoms with Crippen molar-refractivity contribution in [2.24, 2.45) is 0 Å². The molecule has 2 saturated heterocycles. The lowest BCUT2D eigenvalue weighted by Crippen LogP contribution is -2.58. The van der Waals surface area contributed by atoms with Crippen molar-refractivity contribution in [3.8, 4) is 0 Å². The number of anilines is 1. The Kier molecular flexibility index (Phi) is 8.79. The molecule has 2 aromatic carbocycles. The van der Waals surface area contributed by atoms with Crippen LogP contribution < -0.4 is 4.31 Å². The minimum Gasteiger partial charge on any atom is -0.444 e. The van der Waals surface area contributed by atoms with E-state index in [9.17, 15) is 22.4 Å². The zero-order chi connectivity index (χ0) is 29.2. The van der Waals surface area contributed by atoms with E-state index in [1.54, 1.807) is 30.6 Å². The highest BCUT2D eigenvalue weighted by Crippen LogP contribution is 2.33. The van der Waals surface area contributed by atoms with Gasteiger partial charge >= 0.3 is 12.1 Å². The first kappa shape index (κ1) is 29.9. The first-order valence-electron chi connectivity index (χ1n) is 13.0. The Hall–Kier alpha value is -3.12. The van der Waals surface area contributed by atoms with Crippen LogP contribution in [0.25, 0.3) is 0 Å². The third-order valence-electron chi connectivity index (χ3n) is 6.72. The van der Waals surface area contributed by atoms with Gasteiger partial charge < -0.3 is 19.4 Å². The molecule has 2 fully saturated rings. The van der Waals surface area contributed by atoms with Crippen LogP contribution in [0.3, 0.4) is 0 Å². The number of carbonyl (C=O) groups is 2. The summed E-state index contributed by atoms with van der Waals surface area (Å²) in [5.74, 6) is -1.69. The molecule has 2 aliphatic rings. The predicted octanol–water partition coefficient (Wildman–Crippen LogP) is 4.95. The van der Waals surface area contributed by atoms with E-state index in [0.29, 0.717) is 37.5 Å². The molecule has 40 heavy (non-hydrogen) atoms. The van der Waals surface area contributed by atoms with Crippen molar-refractivity contribution >= 4 is 39.4 Å². The number of amides is 3. The quantitative estimate of drug-likeness (QED) is 0.497. The molecule has 2 heterocycles. The van der Waals surface area contributed by atoms with E-state index in [4.69, 9.17) is 16.3 Å². The predicted molar refractivity (Wildman–Crippen MR) is 147 cm³/mol. The van der Waals surface area contributed by atoms with Crippen LogP contribution >= 0.6 is 11.6 Å². The average Bonchev–Trinajstić information content (AvgIpc) is 2.90. The third kappa shape index (κ3) is 6.77. The summed E-state index contributed by atoms with van der Waals surface area (Å²) in [5, 5.41) is 0.323. The van der Waals surface area contributed by atoms with Crippen LogP contribution in [0.2, 0.25) is 5.02 Å². The van der Waals surface area contributed by atoms with Crippen molar-refractivity contribution in [3.63, 3.8) is 0 Å². The van der Waals surface area contributed by atoms with Gasteiger partial charge in [-0.3, -0.25) is 4.31 Å². The van der Waals surface area contributed by atoms with Gasteiger partial charge in [0.2, 0.25) is 0 Å². The Labute approximate surface area is 238 Å². The topological polar surface area (TPSA) is 90.5 Å². The molecule has 0 aromatic heterocycles. The Bertz CT molecular complexity index is 1350. The van der Waals surface area contributed by atoms with Crippen molar-refractivity contribution < 1.29 is 31.5 Å². The normalized spacial score (nSPS) is 18.4. The lowest BCUT2D eigenvalue weighted by molar-refractivity contribution is 0.0154. The molecule has 1 atom stereocenters. The first-order valence-corrected chi connectivity index (χ1v) is 14.8. The van der Waals surface area contributed by atoms with Gasteiger partial charge in [-0.05, 0) is 70.0 Å². The second-order valence-electron chi connectivity index (χ2n) is 10.8. The van der Waals surface area contributed by atoms with Gasteiger partial charge in [-0.1, -0.05) is 11.6 Å². The van der Waals surface area contributed by atoms with Crippen LogP contribution in [0.5, 0.6) is 0 Å². The van der Waals surface area contributed by atoms with Crippen LogP contribution in [0.15, 0.2) is 47.4 Å². The van der Waals surface area contributed by atoms with E-state index in [-0.39, 0.29) is 30.6 Å². The molecule has 0 bridgehead atoms. The Morgan fingerprint density at radius 2 is 1.57 bits per heavy atom. The molecule has 218 valence electrons. The summed E-state index contributed by atoms with van der Waals surface area (Å²) in [4.78, 5) is 30.4. The maximum atomic E-state index is 15.0. The number of benzene rings is 2. The van der Waals surface area contributed by atoms with Gasteiger partial charge in [-0.15, -0.1) is 0 Å². The van der Waals surface area contributed by atoms with Gasteiger partial charge in [0.1, 0.15) is 17.2 Å². The highest BCUT2D eigenvalue weighted by Gasteiger charge is 2.39. The van der Waals surface area contributed by atoms with Gasteiger partial charge in [-0.25, -0.2) is 26.8 Å². The SMILES string of the molecule is CC(C)(C)OC(=O)N1CCN(C(=O)N2CCC[C@H](N(c3cc(F)ccc3F)S(=O)(=O)c3ccc(Cl)cc3)C2)CC1. The summed E-state index contributed by atoms with van der Waals surface area (Å²) < 4.78 is 63.2. The fraction of sp³-hybridized carbons (Fsp3) is 0.481. The van der Waals surface area contributed by atoms with Gasteiger partial charge in [0.05, 0.1) is 16.6 Å². The van der Waals surface area contributed by atoms with Gasteiger partial charge in [0.25, 0.3) is 10.0 Å². The molecule has 13 heteroatoms. The summed E-state index contributed by atoms with van der Waals surface area (Å²) in [6.07, 6.45) is 0.342. The molecule has 2 aromatic rings. The second-order valence-corrected chi connectivity index (χ2v) is 13.1. The first-order chi connectivity index (χ1) is 18.8. The number of rotatable bonds is 4. The molecule has 0 unspecified atom stereocenters. The number of urea groups is 1. The smallest absolute Gasteiger partial charge is 0.410 e. The summed E-state index contributed by atoms with van der Waals surface area (Å²) in [7, 11) is -4.36. The molecule has 0 N–H and O–H groups in total. The number of hydrogen-bond acceptors (Lipinski definition) is 5. The largest absolute Gasteiger partial charge is 0.444 e. The van der Waals surface area contributed by atoms with Crippen molar-refractivity contribution in [1.82, 2.24) is 14.7 Å². The van der Waals surface area contributed by atoms with Crippen LogP contribution in [-0.4, -0.2) is 86.2 Å². The number of carbonyl (C=O) groups excluding carboxylic acids is 2. The van der Waals surface area contributed by atoms with Crippen LogP contribution in [0.4, 0.5) is 24.1 Å². The van der Waals surface area contributed by atoms with E-state index >= 15 is 4.39 Å². The lowest BCUT2D eigenvalue weighted by Gasteiger charge is -2.42. The Balaban J connectivity index is 1.54. The molecular formula is C27H33ClF2N4O5S. The van der Waals surface area contributed by atoms with Crippen molar-refractivity contribution in [3.05, 3.63) is 59.1 Å². The molecule has 0 saturated carbocycles. The number of hydrogen-bond donors (Lipinski definition) is 0. The van der Waals surface area contributed by atoms with Gasteiger partial charge in [-0.2, -0.15) is 0 Å². The summed E-state index contributed by atoms with van der Waals surface area (Å²) in [5.41, 5.74) is -1.06. The maximum Gasteiger partial charge on any atom is 0.410 e. The molecular weight excluding hydrogens is 566 g/mol. The standard InChI is InChI=1S/C27H33ClF2N4O5S/c1-27(2,3)39-26(36)32-15-13-31(14-16-32)25(35)33-12-4-5-21(18-33)34(24-17-20(29)8-11-23(24)30)40(37,38)22-9-6-19(28)7-10-22/h6-11,17,21H,4-5,12-16,18H2,1-3H3/t21-/m0/s1. The van der Waals surface area contributed by atoms with Crippen LogP contribution in [0.1, 0.15) is 33.6 Å². The number of nitrogens with zero attached hydrogens (tertiary/aromatic N) is 4. The number of ether oxygens (including phenoxy) is 1. The molecule has 4 rings (SSSR count). The third-order valence-corrected chi connectivity index (χ3v) is 8.85. The number of halogens is 3. The summed E-state index contributed by atoms with van der Waals surface area (Å²) in [6.45, 7) is 6.86. The monoisotopic (exact) mass is 598 g/mol. The number of piperidine rings is 1. The Morgan fingerprint density at radius 1 is 0.950 bits per heavy atom. The van der Waals surface area contributed by atoms with Gasteiger partial charge in [0.15, 0.2) is 0 Å². The average molecular weight is 599 g/mol. The summed E-state index contributed by atoms with van der Waals surface area (Å²) >= 11 is 5.94. The van der Waals surface area contributed by atoms with E-state index < -0.39 is 45.1 Å². The lowest BCUT2D eigenvalue weighted by atomic mass is 10.1. The molecule has 0 aliphatic carbocycles. The van der Waals surface area contributed by atoms with E-state index in [1.807, 2.05) is 0 Å². The van der Waals surface area contributed by atoms with Crippen molar-refractivity contribution in [2.75, 3.05) is 43.6 Å². The zero-order valence-electron chi connectivity index (χ0n) is 22.6. The molecule has 0 radical (unpaired) electrons. The highest BCUT2D eigenvalue weighted by molar-refractivity contribution is 7.92. The number of piperazine rings is 1. The van der Waals surface area contributed by atoms with E-state index in [1.165, 1.54) is 29.2 Å². The highest BCUT2D eigenvalue weighted by atomic mass is 35.5. The molecule has 3 amide bonds. The molecule has 0 spiro atoms. The minimum absolute atomic E-state index is 0.0200. The number of sulfonamides is 1. The molecule has 9 nitrogen and oxygen atoms in total. The Morgan fingerprint density at radius 3 is 2.20 bits per heavy atom. The fourth-order valence-corrected chi connectivity index (χ4v) is 6.62. The summed E-state index contributed by atoms with van der Waals surface area (Å²) in [6, 6.07) is 6.90. The van der Waals surface area contributed by atoms with E-state index in [0.717, 1.165) is 22.5 Å². The maximum absolute atomic E-state index is 15.0. The van der Waals surface area contributed by atoms with E-state index in [2.05, 4.69) is 0 Å². The van der Waals surface area contributed by atoms with Crippen molar-refractivity contribution in [2.45, 2.75) is 50.2 Å². The van der Waals surface area contributed by atoms with Crippen LogP contribution in [-0.2, 0) is 14.8 Å². The number of likely N-dealkylation sites (tertiary alicyclic amines) is 1. The second kappa shape index (κ2) is 11.8. The van der Waals surface area contributed by atoms with Crippen molar-refractivity contribution in [1.29, 1.82) is 0 Å². The fourth-order valence-electron chi connectivity index (χ4n) is 4.82. The minimum atomic E-state index is -4.36. The molecule has 2 aliphatic heterocycles. The van der Waals surface area contributed by atoms with Crippen LogP contribution in [0, 0.1) is 11.6 Å².